The zero-order valence-electron chi connectivity index (χ0n) is 6.27. The minimum absolute atomic E-state index is 0.0581. The highest BCUT2D eigenvalue weighted by Gasteiger charge is 2.18. The molecule has 0 saturated carbocycles. The predicted molar refractivity (Wildman–Crippen MR) is 43.4 cm³/mol. The van der Waals surface area contributed by atoms with Gasteiger partial charge in [-0.25, -0.2) is 13.8 Å². The van der Waals surface area contributed by atoms with Gasteiger partial charge in [0.25, 0.3) is 6.43 Å². The lowest BCUT2D eigenvalue weighted by Gasteiger charge is -2.05. The molecule has 0 aliphatic heterocycles. The van der Waals surface area contributed by atoms with Crippen LogP contribution in [0.3, 0.4) is 0 Å². The summed E-state index contributed by atoms with van der Waals surface area (Å²) in [5.41, 5.74) is -0.864. The van der Waals surface area contributed by atoms with Crippen molar-refractivity contribution in [3.05, 3.63) is 23.3 Å². The van der Waals surface area contributed by atoms with Gasteiger partial charge in [-0.1, -0.05) is 15.9 Å². The number of halogens is 4. The van der Waals surface area contributed by atoms with E-state index in [1.54, 1.807) is 0 Å². The van der Waals surface area contributed by atoms with E-state index in [0.29, 0.717) is 0 Å². The smallest absolute Gasteiger partial charge is 0.284 e. The molecule has 0 unspecified atom stereocenters. The molecular formula is C7H5BrF3NO. The summed E-state index contributed by atoms with van der Waals surface area (Å²) in [5, 5.41) is 9.24. The van der Waals surface area contributed by atoms with Gasteiger partial charge >= 0.3 is 0 Å². The Hall–Kier alpha value is -0.780. The molecule has 0 aromatic carbocycles. The fourth-order valence-electron chi connectivity index (χ4n) is 0.831. The van der Waals surface area contributed by atoms with E-state index in [4.69, 9.17) is 5.11 Å². The molecule has 0 atom stereocenters. The Bertz CT molecular complexity index is 319. The largest absolute Gasteiger partial charge is 0.505 e. The first-order valence-corrected chi connectivity index (χ1v) is 4.40. The summed E-state index contributed by atoms with van der Waals surface area (Å²) < 4.78 is 36.8. The van der Waals surface area contributed by atoms with Crippen LogP contribution in [0.4, 0.5) is 13.2 Å². The van der Waals surface area contributed by atoms with Crippen molar-refractivity contribution in [3.63, 3.8) is 0 Å². The Kier molecular flexibility index (Phi) is 3.13. The Labute approximate surface area is 80.5 Å². The zero-order chi connectivity index (χ0) is 10.0. The van der Waals surface area contributed by atoms with Crippen molar-refractivity contribution in [3.8, 4) is 5.75 Å². The molecule has 1 aromatic rings. The number of aromatic hydroxyl groups is 1. The average Bonchev–Trinajstić information content (AvgIpc) is 2.08. The first kappa shape index (κ1) is 10.3. The van der Waals surface area contributed by atoms with Gasteiger partial charge in [-0.3, -0.25) is 0 Å². The highest BCUT2D eigenvalue weighted by molar-refractivity contribution is 9.08. The molecule has 0 bridgehead atoms. The second kappa shape index (κ2) is 3.95. The normalized spacial score (nSPS) is 10.8. The molecule has 0 aliphatic rings. The average molecular weight is 256 g/mol. The standard InChI is InChI=1S/C7H5BrF3NO/c8-2-3-1-4(9)12-5(6(3)13)7(10)11/h1,7,13H,2H2. The Morgan fingerprint density at radius 1 is 1.54 bits per heavy atom. The third-order valence-corrected chi connectivity index (χ3v) is 2.02. The van der Waals surface area contributed by atoms with Crippen molar-refractivity contribution in [2.75, 3.05) is 0 Å². The molecule has 13 heavy (non-hydrogen) atoms. The monoisotopic (exact) mass is 255 g/mol. The van der Waals surface area contributed by atoms with Gasteiger partial charge in [0.05, 0.1) is 0 Å². The molecule has 1 N–H and O–H groups in total. The summed E-state index contributed by atoms with van der Waals surface area (Å²) in [7, 11) is 0. The maximum Gasteiger partial charge on any atom is 0.284 e. The Morgan fingerprint density at radius 2 is 2.15 bits per heavy atom. The minimum Gasteiger partial charge on any atom is -0.505 e. The van der Waals surface area contributed by atoms with Crippen LogP contribution in [-0.4, -0.2) is 10.1 Å². The maximum absolute atomic E-state index is 12.6. The highest BCUT2D eigenvalue weighted by atomic mass is 79.9. The van der Waals surface area contributed by atoms with Gasteiger partial charge in [-0.2, -0.15) is 4.39 Å². The van der Waals surface area contributed by atoms with Crippen LogP contribution in [0.25, 0.3) is 0 Å². The van der Waals surface area contributed by atoms with Gasteiger partial charge in [0.15, 0.2) is 5.69 Å². The summed E-state index contributed by atoms with van der Waals surface area (Å²) in [6, 6.07) is 0.899. The van der Waals surface area contributed by atoms with E-state index in [9.17, 15) is 13.2 Å². The summed E-state index contributed by atoms with van der Waals surface area (Å²) >= 11 is 2.93. The minimum atomic E-state index is -2.98. The van der Waals surface area contributed by atoms with Crippen molar-refractivity contribution >= 4 is 15.9 Å². The number of rotatable bonds is 2. The third-order valence-electron chi connectivity index (χ3n) is 1.42. The lowest BCUT2D eigenvalue weighted by Crippen LogP contribution is -1.97. The second-order valence-corrected chi connectivity index (χ2v) is 2.83. The molecule has 72 valence electrons. The lowest BCUT2D eigenvalue weighted by atomic mass is 10.2. The second-order valence-electron chi connectivity index (χ2n) is 2.27. The Morgan fingerprint density at radius 3 is 2.62 bits per heavy atom. The van der Waals surface area contributed by atoms with Gasteiger partial charge in [-0.15, -0.1) is 0 Å². The van der Waals surface area contributed by atoms with Crippen LogP contribution in [0.1, 0.15) is 17.7 Å². The summed E-state index contributed by atoms with van der Waals surface area (Å²) in [6.45, 7) is 0. The summed E-state index contributed by atoms with van der Waals surface area (Å²) in [6.07, 6.45) is -2.98. The predicted octanol–water partition coefficient (Wildman–Crippen LogP) is 2.76. The molecule has 0 fully saturated rings. The van der Waals surface area contributed by atoms with E-state index in [0.717, 1.165) is 6.07 Å². The van der Waals surface area contributed by atoms with Gasteiger partial charge in [0.2, 0.25) is 5.95 Å². The summed E-state index contributed by atoms with van der Waals surface area (Å²) in [4.78, 5) is 2.89. The molecule has 0 saturated heterocycles. The first-order valence-electron chi connectivity index (χ1n) is 3.28. The molecule has 0 radical (unpaired) electrons. The number of hydrogen-bond acceptors (Lipinski definition) is 2. The number of pyridine rings is 1. The molecule has 2 nitrogen and oxygen atoms in total. The van der Waals surface area contributed by atoms with Gasteiger partial charge in [0.1, 0.15) is 5.75 Å². The number of aromatic nitrogens is 1. The zero-order valence-corrected chi connectivity index (χ0v) is 7.85. The SMILES string of the molecule is Oc1c(CBr)cc(F)nc1C(F)F. The lowest BCUT2D eigenvalue weighted by molar-refractivity contribution is 0.140. The van der Waals surface area contributed by atoms with E-state index in [2.05, 4.69) is 20.9 Å². The van der Waals surface area contributed by atoms with Crippen molar-refractivity contribution in [2.24, 2.45) is 0 Å². The van der Waals surface area contributed by atoms with Crippen molar-refractivity contribution in [1.82, 2.24) is 4.98 Å². The van der Waals surface area contributed by atoms with E-state index in [1.165, 1.54) is 0 Å². The van der Waals surface area contributed by atoms with Crippen molar-refractivity contribution < 1.29 is 18.3 Å². The first-order chi connectivity index (χ1) is 6.06. The Balaban J connectivity index is 3.27. The molecule has 1 aromatic heterocycles. The van der Waals surface area contributed by atoms with Gasteiger partial charge in [0, 0.05) is 17.0 Å². The van der Waals surface area contributed by atoms with Crippen LogP contribution in [0.5, 0.6) is 5.75 Å². The molecular weight excluding hydrogens is 251 g/mol. The molecule has 6 heteroatoms. The van der Waals surface area contributed by atoms with E-state index < -0.39 is 23.8 Å². The number of hydrogen-bond donors (Lipinski definition) is 1. The van der Waals surface area contributed by atoms with E-state index in [1.807, 2.05) is 0 Å². The van der Waals surface area contributed by atoms with Crippen LogP contribution in [-0.2, 0) is 5.33 Å². The highest BCUT2D eigenvalue weighted by Crippen LogP contribution is 2.30. The van der Waals surface area contributed by atoms with E-state index in [-0.39, 0.29) is 10.9 Å². The fourth-order valence-corrected chi connectivity index (χ4v) is 1.26. The molecule has 0 aliphatic carbocycles. The maximum atomic E-state index is 12.6. The molecule has 1 heterocycles. The van der Waals surface area contributed by atoms with Crippen molar-refractivity contribution in [2.45, 2.75) is 11.8 Å². The van der Waals surface area contributed by atoms with Gasteiger partial charge < -0.3 is 5.11 Å². The fraction of sp³-hybridized carbons (Fsp3) is 0.286. The summed E-state index contributed by atoms with van der Waals surface area (Å²) in [5.74, 6) is -1.68. The quantitative estimate of drug-likeness (QED) is 0.651. The topological polar surface area (TPSA) is 33.1 Å². The van der Waals surface area contributed by atoms with Crippen LogP contribution in [0.2, 0.25) is 0 Å². The van der Waals surface area contributed by atoms with Crippen LogP contribution < -0.4 is 0 Å². The molecule has 1 rings (SSSR count). The van der Waals surface area contributed by atoms with Crippen LogP contribution >= 0.6 is 15.9 Å². The van der Waals surface area contributed by atoms with E-state index >= 15 is 0 Å². The molecule has 0 amide bonds. The number of alkyl halides is 3. The third kappa shape index (κ3) is 2.12. The van der Waals surface area contributed by atoms with Gasteiger partial charge in [-0.05, 0) is 0 Å². The van der Waals surface area contributed by atoms with Crippen LogP contribution in [0.15, 0.2) is 6.07 Å². The molecule has 0 spiro atoms. The van der Waals surface area contributed by atoms with Crippen LogP contribution in [0, 0.1) is 5.95 Å². The number of nitrogens with zero attached hydrogens (tertiary/aromatic N) is 1. The van der Waals surface area contributed by atoms with Crippen molar-refractivity contribution in [1.29, 1.82) is 0 Å².